The minimum atomic E-state index is -3.46. The predicted octanol–water partition coefficient (Wildman–Crippen LogP) is 0.104. The molecule has 1 heterocycles. The van der Waals surface area contributed by atoms with Gasteiger partial charge in [-0.2, -0.15) is 0 Å². The molecule has 2 rings (SSSR count). The Kier molecular flexibility index (Phi) is 3.30. The number of rotatable bonds is 3. The van der Waals surface area contributed by atoms with E-state index in [2.05, 4.69) is 9.71 Å². The summed E-state index contributed by atoms with van der Waals surface area (Å²) in [7, 11) is -4.39. The fourth-order valence-electron chi connectivity index (χ4n) is 1.54. The van der Waals surface area contributed by atoms with E-state index in [1.807, 2.05) is 0 Å². The van der Waals surface area contributed by atoms with Crippen LogP contribution in [0.2, 0.25) is 0 Å². The van der Waals surface area contributed by atoms with Gasteiger partial charge in [0.2, 0.25) is 0 Å². The number of fused-ring (bicyclic) bond motifs is 1. The minimum absolute atomic E-state index is 0.247. The quantitative estimate of drug-likeness (QED) is 0.848. The number of nitrogens with one attached hydrogen (secondary N) is 1. The molecule has 0 saturated carbocycles. The van der Waals surface area contributed by atoms with E-state index >= 15 is 0 Å². The van der Waals surface area contributed by atoms with E-state index in [1.54, 1.807) is 24.5 Å². The first kappa shape index (κ1) is 12.3. The van der Waals surface area contributed by atoms with E-state index < -0.39 is 20.8 Å². The molecule has 0 radical (unpaired) electrons. The zero-order valence-corrected chi connectivity index (χ0v) is 10.8. The van der Waals surface area contributed by atoms with Crippen molar-refractivity contribution in [1.82, 2.24) is 4.72 Å². The molecule has 0 fully saturated rings. The van der Waals surface area contributed by atoms with Crippen LogP contribution in [0.4, 0.5) is 0 Å². The molecular formula is C10H12N2O3S2. The van der Waals surface area contributed by atoms with Gasteiger partial charge in [-0.05, 0) is 12.1 Å². The predicted molar refractivity (Wildman–Crippen MR) is 67.1 cm³/mol. The summed E-state index contributed by atoms with van der Waals surface area (Å²) >= 11 is 0. The van der Waals surface area contributed by atoms with Crippen molar-refractivity contribution < 1.29 is 12.6 Å². The van der Waals surface area contributed by atoms with Gasteiger partial charge in [0.15, 0.2) is 0 Å². The molecule has 0 saturated heterocycles. The molecule has 1 atom stereocenters. The van der Waals surface area contributed by atoms with E-state index in [0.29, 0.717) is 23.7 Å². The molecule has 1 aliphatic heterocycles. The van der Waals surface area contributed by atoms with E-state index in [9.17, 15) is 12.6 Å². The Labute approximate surface area is 102 Å². The fourth-order valence-corrected chi connectivity index (χ4v) is 3.14. The zero-order valence-electron chi connectivity index (χ0n) is 9.21. The summed E-state index contributed by atoms with van der Waals surface area (Å²) in [6.07, 6.45) is 1.59. The topological polar surface area (TPSA) is 75.6 Å². The Hall–Kier alpha value is -1.21. The van der Waals surface area contributed by atoms with Gasteiger partial charge in [0.25, 0.3) is 10.0 Å². The van der Waals surface area contributed by atoms with Gasteiger partial charge in [0.05, 0.1) is 11.4 Å². The largest absolute Gasteiger partial charge is 0.266 e. The maximum Gasteiger partial charge on any atom is 0.263 e. The summed E-state index contributed by atoms with van der Waals surface area (Å²) in [5, 5.41) is 0. The van der Waals surface area contributed by atoms with Gasteiger partial charge in [-0.25, -0.2) is 8.42 Å². The van der Waals surface area contributed by atoms with Crippen molar-refractivity contribution >= 4 is 26.7 Å². The highest BCUT2D eigenvalue weighted by molar-refractivity contribution is 7.90. The van der Waals surface area contributed by atoms with Crippen LogP contribution < -0.4 is 4.72 Å². The molecule has 0 aliphatic carbocycles. The standard InChI is InChI=1S/C10H12N2O3S2/c1-16(13)7-6-11-10-8-4-2-3-5-9(8)17(14,15)12-10/h2-5H,6-7H2,1H3,(H,11,12). The molecule has 1 N–H and O–H groups in total. The molecule has 17 heavy (non-hydrogen) atoms. The molecule has 1 aromatic carbocycles. The first-order chi connectivity index (χ1) is 8.00. The van der Waals surface area contributed by atoms with Crippen molar-refractivity contribution in [2.24, 2.45) is 4.99 Å². The van der Waals surface area contributed by atoms with Crippen LogP contribution in [0.25, 0.3) is 0 Å². The molecule has 1 aliphatic rings. The van der Waals surface area contributed by atoms with Crippen LogP contribution in [0.5, 0.6) is 0 Å². The second kappa shape index (κ2) is 4.58. The number of benzene rings is 1. The van der Waals surface area contributed by atoms with Crippen LogP contribution in [0.1, 0.15) is 5.56 Å². The van der Waals surface area contributed by atoms with Crippen molar-refractivity contribution in [3.05, 3.63) is 29.8 Å². The molecule has 0 aromatic heterocycles. The zero-order chi connectivity index (χ0) is 12.5. The number of nitrogens with zero attached hydrogens (tertiary/aromatic N) is 1. The fraction of sp³-hybridized carbons (Fsp3) is 0.300. The Balaban J connectivity index is 2.32. The highest BCUT2D eigenvalue weighted by atomic mass is 32.2. The van der Waals surface area contributed by atoms with Gasteiger partial charge in [0.1, 0.15) is 5.84 Å². The van der Waals surface area contributed by atoms with Crippen molar-refractivity contribution in [3.8, 4) is 0 Å². The lowest BCUT2D eigenvalue weighted by atomic mass is 10.2. The molecule has 1 unspecified atom stereocenters. The second-order valence-corrected chi connectivity index (χ2v) is 6.81. The number of hydrogen-bond donors (Lipinski definition) is 1. The molecule has 92 valence electrons. The SMILES string of the molecule is CS(=O)CCN=C1NS(=O)(=O)c2ccccc21. The van der Waals surface area contributed by atoms with Crippen molar-refractivity contribution in [2.75, 3.05) is 18.6 Å². The molecule has 1 aromatic rings. The van der Waals surface area contributed by atoms with Gasteiger partial charge in [-0.15, -0.1) is 0 Å². The van der Waals surface area contributed by atoms with E-state index in [1.165, 1.54) is 6.07 Å². The van der Waals surface area contributed by atoms with Crippen LogP contribution >= 0.6 is 0 Å². The molecule has 5 nitrogen and oxygen atoms in total. The van der Waals surface area contributed by atoms with Crippen molar-refractivity contribution in [3.63, 3.8) is 0 Å². The Morgan fingerprint density at radius 3 is 2.76 bits per heavy atom. The number of hydrogen-bond acceptors (Lipinski definition) is 4. The smallest absolute Gasteiger partial charge is 0.263 e. The van der Waals surface area contributed by atoms with Gasteiger partial charge in [0, 0.05) is 28.4 Å². The van der Waals surface area contributed by atoms with Crippen LogP contribution in [0.3, 0.4) is 0 Å². The van der Waals surface area contributed by atoms with Gasteiger partial charge in [-0.3, -0.25) is 13.9 Å². The minimum Gasteiger partial charge on any atom is -0.266 e. The van der Waals surface area contributed by atoms with Crippen LogP contribution in [-0.4, -0.2) is 37.0 Å². The van der Waals surface area contributed by atoms with E-state index in [0.717, 1.165) is 0 Å². The van der Waals surface area contributed by atoms with Crippen LogP contribution in [0, 0.1) is 0 Å². The monoisotopic (exact) mass is 272 g/mol. The van der Waals surface area contributed by atoms with E-state index in [4.69, 9.17) is 0 Å². The number of aliphatic imine (C=N–C) groups is 1. The third-order valence-electron chi connectivity index (χ3n) is 2.31. The molecule has 0 amide bonds. The summed E-state index contributed by atoms with van der Waals surface area (Å²) in [5.41, 5.74) is 0.578. The third-order valence-corrected chi connectivity index (χ3v) is 4.47. The average Bonchev–Trinajstić information content (AvgIpc) is 2.51. The lowest BCUT2D eigenvalue weighted by Gasteiger charge is -1.97. The number of amidine groups is 1. The second-order valence-electron chi connectivity index (χ2n) is 3.61. The van der Waals surface area contributed by atoms with Crippen LogP contribution in [-0.2, 0) is 20.8 Å². The highest BCUT2D eigenvalue weighted by Gasteiger charge is 2.29. The Morgan fingerprint density at radius 1 is 1.35 bits per heavy atom. The summed E-state index contributed by atoms with van der Waals surface area (Å²) in [6, 6.07) is 6.67. The van der Waals surface area contributed by atoms with Gasteiger partial charge in [-0.1, -0.05) is 12.1 Å². The molecule has 0 spiro atoms. The highest BCUT2D eigenvalue weighted by Crippen LogP contribution is 2.21. The normalized spacial score (nSPS) is 20.9. The Morgan fingerprint density at radius 2 is 2.06 bits per heavy atom. The first-order valence-electron chi connectivity index (χ1n) is 4.97. The molecule has 0 bridgehead atoms. The van der Waals surface area contributed by atoms with Crippen molar-refractivity contribution in [2.45, 2.75) is 4.90 Å². The van der Waals surface area contributed by atoms with Crippen LogP contribution in [0.15, 0.2) is 34.2 Å². The number of sulfonamides is 1. The molecule has 7 heteroatoms. The van der Waals surface area contributed by atoms with Gasteiger partial charge < -0.3 is 0 Å². The first-order valence-corrected chi connectivity index (χ1v) is 8.18. The van der Waals surface area contributed by atoms with E-state index in [-0.39, 0.29) is 4.90 Å². The van der Waals surface area contributed by atoms with Gasteiger partial charge >= 0.3 is 0 Å². The average molecular weight is 272 g/mol. The maximum absolute atomic E-state index is 11.7. The summed E-state index contributed by atoms with van der Waals surface area (Å²) < 4.78 is 36.7. The summed E-state index contributed by atoms with van der Waals surface area (Å²) in [4.78, 5) is 4.38. The summed E-state index contributed by atoms with van der Waals surface area (Å²) in [6.45, 7) is 0.343. The maximum atomic E-state index is 11.7. The van der Waals surface area contributed by atoms with Crippen molar-refractivity contribution in [1.29, 1.82) is 0 Å². The molecular weight excluding hydrogens is 260 g/mol. The summed E-state index contributed by atoms with van der Waals surface area (Å²) in [5.74, 6) is 0.763. The Bertz CT molecular complexity index is 593. The lowest BCUT2D eigenvalue weighted by Crippen LogP contribution is -2.22. The lowest BCUT2D eigenvalue weighted by molar-refractivity contribution is 0.595. The third kappa shape index (κ3) is 2.55.